The smallest absolute Gasteiger partial charge is 0.141 e. The van der Waals surface area contributed by atoms with Gasteiger partial charge in [0, 0.05) is 46.4 Å². The van der Waals surface area contributed by atoms with Crippen LogP contribution in [0.1, 0.15) is 69.6 Å². The van der Waals surface area contributed by atoms with Crippen molar-refractivity contribution in [2.24, 2.45) is 0 Å². The van der Waals surface area contributed by atoms with Gasteiger partial charge in [0.25, 0.3) is 0 Å². The maximum Gasteiger partial charge on any atom is 0.141 e. The van der Waals surface area contributed by atoms with E-state index in [0.717, 1.165) is 67.5 Å². The van der Waals surface area contributed by atoms with Gasteiger partial charge in [-0.15, -0.1) is 0 Å². The van der Waals surface area contributed by atoms with Crippen molar-refractivity contribution in [1.29, 1.82) is 0 Å². The molecule has 7 aromatic rings. The summed E-state index contributed by atoms with van der Waals surface area (Å²) in [6.07, 6.45) is 1.78. The van der Waals surface area contributed by atoms with Crippen molar-refractivity contribution in [1.82, 2.24) is 19.3 Å². The van der Waals surface area contributed by atoms with Gasteiger partial charge in [0.05, 0.1) is 29.5 Å². The quantitative estimate of drug-likeness (QED) is 0.178. The van der Waals surface area contributed by atoms with Crippen LogP contribution in [0.3, 0.4) is 0 Å². The molecule has 3 aromatic heterocycles. The van der Waals surface area contributed by atoms with Gasteiger partial charge >= 0.3 is 0 Å². The lowest BCUT2D eigenvalue weighted by Gasteiger charge is -2.30. The van der Waals surface area contributed by atoms with Gasteiger partial charge in [0.15, 0.2) is 0 Å². The largest absolute Gasteiger partial charge is 0.497 e. The molecule has 6 heteroatoms. The third-order valence-electron chi connectivity index (χ3n) is 9.56. The van der Waals surface area contributed by atoms with E-state index in [4.69, 9.17) is 19.6 Å². The normalized spacial score (nSPS) is 12.2. The second-order valence-corrected chi connectivity index (χ2v) is 15.4. The number of hydrogen-bond donors (Lipinski definition) is 0. The summed E-state index contributed by atoms with van der Waals surface area (Å²) >= 11 is 0. The fourth-order valence-electron chi connectivity index (χ4n) is 7.28. The van der Waals surface area contributed by atoms with E-state index in [1.54, 1.807) is 13.3 Å². The fourth-order valence-corrected chi connectivity index (χ4v) is 7.28. The number of pyridine rings is 1. The van der Waals surface area contributed by atoms with E-state index in [9.17, 15) is 0 Å². The molecule has 0 aliphatic rings. The molecule has 3 heterocycles. The predicted molar refractivity (Wildman–Crippen MR) is 206 cm³/mol. The number of aromatic nitrogens is 4. The Kier molecular flexibility index (Phi) is 8.09. The number of methoxy groups -OCH3 is 1. The van der Waals surface area contributed by atoms with Crippen LogP contribution in [0.25, 0.3) is 44.4 Å². The van der Waals surface area contributed by atoms with Crippen LogP contribution in [0, 0.1) is 20.8 Å². The van der Waals surface area contributed by atoms with Gasteiger partial charge in [-0.2, -0.15) is 5.10 Å². The summed E-state index contributed by atoms with van der Waals surface area (Å²) in [6, 6.07) is 31.6. The summed E-state index contributed by atoms with van der Waals surface area (Å²) in [5, 5.41) is 7.44. The highest BCUT2D eigenvalue weighted by atomic mass is 16.5. The SMILES string of the molecule is COc1ccnc(-n2c3ccccc3c3ccc(Oc4cc(C)cc(-n5nc(C)c(-c6c(C(C)(C)C)cccc6C(C)(C)C)c5C)c4)cc32)c1. The highest BCUT2D eigenvalue weighted by Crippen LogP contribution is 2.43. The third kappa shape index (κ3) is 5.83. The third-order valence-corrected chi connectivity index (χ3v) is 9.56. The summed E-state index contributed by atoms with van der Waals surface area (Å²) in [5.41, 5.74) is 11.4. The van der Waals surface area contributed by atoms with Gasteiger partial charge in [-0.25, -0.2) is 9.67 Å². The maximum absolute atomic E-state index is 6.65. The molecular formula is C44H46N4O2. The van der Waals surface area contributed by atoms with Crippen molar-refractivity contribution < 1.29 is 9.47 Å². The first-order valence-electron chi connectivity index (χ1n) is 17.3. The zero-order valence-corrected chi connectivity index (χ0v) is 30.8. The number of rotatable bonds is 6. The second-order valence-electron chi connectivity index (χ2n) is 15.4. The molecule has 0 saturated heterocycles. The Labute approximate surface area is 295 Å². The highest BCUT2D eigenvalue weighted by Gasteiger charge is 2.29. The molecule has 0 spiro atoms. The van der Waals surface area contributed by atoms with Crippen LogP contribution in [0.15, 0.2) is 97.2 Å². The van der Waals surface area contributed by atoms with E-state index in [2.05, 4.69) is 144 Å². The number of ether oxygens (including phenoxy) is 2. The zero-order chi connectivity index (χ0) is 35.5. The molecule has 0 aliphatic carbocycles. The number of hydrogen-bond acceptors (Lipinski definition) is 4. The molecule has 4 aromatic carbocycles. The molecule has 254 valence electrons. The number of fused-ring (bicyclic) bond motifs is 3. The lowest BCUT2D eigenvalue weighted by Crippen LogP contribution is -2.19. The van der Waals surface area contributed by atoms with Gasteiger partial charge in [-0.3, -0.25) is 4.57 Å². The Morgan fingerprint density at radius 3 is 2.02 bits per heavy atom. The predicted octanol–water partition coefficient (Wildman–Crippen LogP) is 11.4. The summed E-state index contributed by atoms with van der Waals surface area (Å²) in [5.74, 6) is 3.03. The minimum Gasteiger partial charge on any atom is -0.497 e. The Balaban J connectivity index is 1.33. The van der Waals surface area contributed by atoms with E-state index >= 15 is 0 Å². The van der Waals surface area contributed by atoms with Crippen molar-refractivity contribution in [3.05, 3.63) is 125 Å². The number of nitrogens with zero attached hydrogens (tertiary/aromatic N) is 4. The van der Waals surface area contributed by atoms with Gasteiger partial charge < -0.3 is 9.47 Å². The van der Waals surface area contributed by atoms with Gasteiger partial charge in [-0.05, 0) is 90.3 Å². The molecule has 0 bridgehead atoms. The number of aryl methyl sites for hydroxylation is 2. The summed E-state index contributed by atoms with van der Waals surface area (Å²) in [7, 11) is 1.67. The van der Waals surface area contributed by atoms with Crippen molar-refractivity contribution in [3.8, 4) is 39.9 Å². The standard InChI is InChI=1S/C44H46N4O2/c1-27-22-30(48-29(3)41(28(2)46-48)42-36(43(4,5)6)15-13-16-37(42)44(7,8)9)24-33(23-27)50-32-18-19-35-34-14-11-12-17-38(34)47(39(35)25-32)40-26-31(49-10)20-21-45-40/h11-26H,1-10H3. The molecule has 0 aliphatic heterocycles. The van der Waals surface area contributed by atoms with Crippen molar-refractivity contribution in [2.45, 2.75) is 73.1 Å². The second kappa shape index (κ2) is 12.2. The van der Waals surface area contributed by atoms with Crippen LogP contribution in [0.5, 0.6) is 17.2 Å². The Bertz CT molecular complexity index is 2370. The molecule has 0 unspecified atom stereocenters. The molecule has 0 radical (unpaired) electrons. The highest BCUT2D eigenvalue weighted by molar-refractivity contribution is 6.09. The molecule has 0 atom stereocenters. The number of para-hydroxylation sites is 1. The van der Waals surface area contributed by atoms with Gasteiger partial charge in [0.2, 0.25) is 0 Å². The molecule has 0 N–H and O–H groups in total. The number of benzene rings is 4. The van der Waals surface area contributed by atoms with E-state index in [-0.39, 0.29) is 10.8 Å². The van der Waals surface area contributed by atoms with E-state index in [1.807, 2.05) is 18.2 Å². The maximum atomic E-state index is 6.65. The molecule has 6 nitrogen and oxygen atoms in total. The zero-order valence-electron chi connectivity index (χ0n) is 30.8. The van der Waals surface area contributed by atoms with Crippen LogP contribution in [-0.4, -0.2) is 26.4 Å². The minimum absolute atomic E-state index is 0.0304. The molecule has 7 rings (SSSR count). The average Bonchev–Trinajstić information content (AvgIpc) is 3.55. The van der Waals surface area contributed by atoms with Crippen molar-refractivity contribution in [3.63, 3.8) is 0 Å². The summed E-state index contributed by atoms with van der Waals surface area (Å²) < 4.78 is 16.4. The van der Waals surface area contributed by atoms with Crippen LogP contribution < -0.4 is 9.47 Å². The summed E-state index contributed by atoms with van der Waals surface area (Å²) in [4.78, 5) is 4.71. The lowest BCUT2D eigenvalue weighted by atomic mass is 9.74. The first-order valence-corrected chi connectivity index (χ1v) is 17.3. The van der Waals surface area contributed by atoms with Crippen LogP contribution in [0.4, 0.5) is 0 Å². The first-order chi connectivity index (χ1) is 23.7. The monoisotopic (exact) mass is 662 g/mol. The van der Waals surface area contributed by atoms with Crippen molar-refractivity contribution >= 4 is 21.8 Å². The van der Waals surface area contributed by atoms with E-state index in [1.165, 1.54) is 22.3 Å². The molecule has 50 heavy (non-hydrogen) atoms. The lowest BCUT2D eigenvalue weighted by molar-refractivity contribution is 0.414. The topological polar surface area (TPSA) is 54.1 Å². The van der Waals surface area contributed by atoms with Crippen molar-refractivity contribution in [2.75, 3.05) is 7.11 Å². The van der Waals surface area contributed by atoms with Crippen LogP contribution >= 0.6 is 0 Å². The molecule has 0 fully saturated rings. The van der Waals surface area contributed by atoms with E-state index in [0.29, 0.717) is 0 Å². The fraction of sp³-hybridized carbons (Fsp3) is 0.273. The Morgan fingerprint density at radius 1 is 0.620 bits per heavy atom. The van der Waals surface area contributed by atoms with Crippen LogP contribution in [0.2, 0.25) is 0 Å². The molecule has 0 amide bonds. The average molecular weight is 663 g/mol. The first kappa shape index (κ1) is 33.2. The Hall–Kier alpha value is -5.36. The minimum atomic E-state index is -0.0304. The Morgan fingerprint density at radius 2 is 1.32 bits per heavy atom. The summed E-state index contributed by atoms with van der Waals surface area (Å²) in [6.45, 7) is 20.2. The van der Waals surface area contributed by atoms with Gasteiger partial charge in [0.1, 0.15) is 23.1 Å². The van der Waals surface area contributed by atoms with Gasteiger partial charge in [-0.1, -0.05) is 77.9 Å². The van der Waals surface area contributed by atoms with Crippen LogP contribution in [-0.2, 0) is 10.8 Å². The molecule has 0 saturated carbocycles. The van der Waals surface area contributed by atoms with E-state index < -0.39 is 0 Å². The molecular weight excluding hydrogens is 617 g/mol.